The molecule has 0 aliphatic heterocycles. The Morgan fingerprint density at radius 2 is 2.13 bits per heavy atom. The average molecular weight is 223 g/mol. The molecule has 0 saturated heterocycles. The lowest BCUT2D eigenvalue weighted by atomic mass is 10.3. The topological polar surface area (TPSA) is 55.5 Å². The molecule has 0 unspecified atom stereocenters. The predicted molar refractivity (Wildman–Crippen MR) is 62.1 cm³/mol. The fourth-order valence-electron chi connectivity index (χ4n) is 0.949. The molecular weight excluding hydrogens is 210 g/mol. The first kappa shape index (κ1) is 11.9. The molecular formula is C11H13NO2S. The number of nitrogens with two attached hydrogens (primary N) is 1. The van der Waals surface area contributed by atoms with E-state index in [2.05, 4.69) is 12.3 Å². The van der Waals surface area contributed by atoms with Crippen LogP contribution in [0.2, 0.25) is 0 Å². The Morgan fingerprint density at radius 1 is 1.47 bits per heavy atom. The zero-order chi connectivity index (χ0) is 11.1. The quantitative estimate of drug-likeness (QED) is 0.594. The Bertz CT molecular complexity index is 355. The molecule has 1 aromatic rings. The maximum absolute atomic E-state index is 8.76. The second-order valence-electron chi connectivity index (χ2n) is 2.84. The van der Waals surface area contributed by atoms with E-state index in [0.29, 0.717) is 25.2 Å². The van der Waals surface area contributed by atoms with E-state index in [4.69, 9.17) is 15.0 Å². The lowest BCUT2D eigenvalue weighted by Gasteiger charge is -2.06. The summed E-state index contributed by atoms with van der Waals surface area (Å²) in [6, 6.07) is 7.13. The number of ether oxygens (including phenoxy) is 1. The highest BCUT2D eigenvalue weighted by molar-refractivity contribution is 7.93. The van der Waals surface area contributed by atoms with Crippen LogP contribution in [0.3, 0.4) is 0 Å². The molecule has 0 radical (unpaired) electrons. The zero-order valence-electron chi connectivity index (χ0n) is 8.27. The molecule has 0 amide bonds. The minimum atomic E-state index is 0.394. The summed E-state index contributed by atoms with van der Waals surface area (Å²) >= 11 is 0.708. The van der Waals surface area contributed by atoms with E-state index in [1.54, 1.807) is 24.3 Å². The van der Waals surface area contributed by atoms with Crippen LogP contribution in [-0.4, -0.2) is 17.7 Å². The van der Waals surface area contributed by atoms with Gasteiger partial charge in [0.25, 0.3) is 0 Å². The Morgan fingerprint density at radius 3 is 2.60 bits per heavy atom. The minimum Gasteiger partial charge on any atom is -0.489 e. The van der Waals surface area contributed by atoms with E-state index in [1.807, 2.05) is 0 Å². The molecule has 1 aromatic carbocycles. The lowest BCUT2D eigenvalue weighted by molar-refractivity contribution is 0.350. The van der Waals surface area contributed by atoms with Crippen LogP contribution in [0, 0.1) is 0 Å². The third-order valence-corrected chi connectivity index (χ3v) is 2.32. The van der Waals surface area contributed by atoms with Gasteiger partial charge in [-0.05, 0) is 24.3 Å². The molecule has 15 heavy (non-hydrogen) atoms. The fraction of sp³-hybridized carbons (Fsp3) is 0.182. The van der Waals surface area contributed by atoms with Gasteiger partial charge in [-0.1, -0.05) is 6.58 Å². The van der Waals surface area contributed by atoms with Gasteiger partial charge in [0.2, 0.25) is 0 Å². The van der Waals surface area contributed by atoms with Crippen molar-refractivity contribution in [2.75, 3.05) is 13.2 Å². The molecule has 1 rings (SSSR count). The highest BCUT2D eigenvalue weighted by atomic mass is 32.2. The normalized spacial score (nSPS) is 9.47. The van der Waals surface area contributed by atoms with Gasteiger partial charge >= 0.3 is 0 Å². The molecule has 0 heterocycles. The molecule has 0 aliphatic rings. The molecule has 0 spiro atoms. The van der Waals surface area contributed by atoms with E-state index in [9.17, 15) is 0 Å². The van der Waals surface area contributed by atoms with Gasteiger partial charge < -0.3 is 15.0 Å². The molecule has 4 heteroatoms. The third kappa shape index (κ3) is 3.81. The summed E-state index contributed by atoms with van der Waals surface area (Å²) in [6.07, 6.45) is 0. The van der Waals surface area contributed by atoms with Crippen LogP contribution in [0.5, 0.6) is 5.75 Å². The van der Waals surface area contributed by atoms with Crippen LogP contribution in [0.25, 0.3) is 0 Å². The summed E-state index contributed by atoms with van der Waals surface area (Å²) in [6.45, 7) is 4.30. The van der Waals surface area contributed by atoms with Gasteiger partial charge in [-0.2, -0.15) is 0 Å². The number of rotatable bonds is 5. The summed E-state index contributed by atoms with van der Waals surface area (Å²) in [5.41, 5.74) is 8.98. The Balaban J connectivity index is 2.54. The van der Waals surface area contributed by atoms with Crippen LogP contribution >= 0.6 is 12.0 Å². The van der Waals surface area contributed by atoms with Crippen molar-refractivity contribution in [2.45, 2.75) is 4.90 Å². The van der Waals surface area contributed by atoms with E-state index >= 15 is 0 Å². The summed E-state index contributed by atoms with van der Waals surface area (Å²) in [7, 11) is 0. The van der Waals surface area contributed by atoms with Crippen molar-refractivity contribution in [3.63, 3.8) is 0 Å². The summed E-state index contributed by atoms with van der Waals surface area (Å²) < 4.78 is 14.2. The summed E-state index contributed by atoms with van der Waals surface area (Å²) in [5, 5.41) is 0. The number of hydrogen-bond acceptors (Lipinski definition) is 4. The van der Waals surface area contributed by atoms with Crippen LogP contribution in [-0.2, 0) is 0 Å². The molecule has 0 saturated carbocycles. The maximum Gasteiger partial charge on any atom is 0.119 e. The van der Waals surface area contributed by atoms with Gasteiger partial charge in [0, 0.05) is 29.1 Å². The Labute approximate surface area is 93.5 Å². The number of benzene rings is 1. The smallest absolute Gasteiger partial charge is 0.119 e. The zero-order valence-corrected chi connectivity index (χ0v) is 9.09. The molecule has 3 N–H and O–H groups in total. The van der Waals surface area contributed by atoms with Gasteiger partial charge in [0.1, 0.15) is 12.4 Å². The van der Waals surface area contributed by atoms with Crippen molar-refractivity contribution >= 4 is 12.0 Å². The van der Waals surface area contributed by atoms with E-state index in [0.717, 1.165) is 16.2 Å². The standard InChI is InChI=1S/C11H13NO2S/c1-2-9(7-12)8-14-10-3-5-11(15-13)6-4-10/h3-6,13H,1,7-8,12H2. The van der Waals surface area contributed by atoms with Gasteiger partial charge in [-0.25, -0.2) is 0 Å². The highest BCUT2D eigenvalue weighted by Gasteiger charge is 1.97. The van der Waals surface area contributed by atoms with Crippen LogP contribution in [0.1, 0.15) is 0 Å². The first-order valence-corrected chi connectivity index (χ1v) is 5.19. The van der Waals surface area contributed by atoms with Crippen molar-refractivity contribution in [1.29, 1.82) is 0 Å². The predicted octanol–water partition coefficient (Wildman–Crippen LogP) is 2.30. The van der Waals surface area contributed by atoms with Crippen LogP contribution in [0.15, 0.2) is 47.0 Å². The molecule has 3 nitrogen and oxygen atoms in total. The first-order chi connectivity index (χ1) is 7.30. The first-order valence-electron chi connectivity index (χ1n) is 4.42. The molecule has 0 bridgehead atoms. The monoisotopic (exact) mass is 223 g/mol. The van der Waals surface area contributed by atoms with Gasteiger partial charge in [0.05, 0.1) is 0 Å². The molecule has 0 aliphatic carbocycles. The fourth-order valence-corrected chi connectivity index (χ4v) is 1.21. The van der Waals surface area contributed by atoms with E-state index in [1.165, 1.54) is 0 Å². The van der Waals surface area contributed by atoms with Crippen molar-refractivity contribution in [2.24, 2.45) is 5.73 Å². The van der Waals surface area contributed by atoms with E-state index in [-0.39, 0.29) is 0 Å². The molecule has 0 fully saturated rings. The maximum atomic E-state index is 8.76. The van der Waals surface area contributed by atoms with Gasteiger partial charge in [-0.3, -0.25) is 0 Å². The van der Waals surface area contributed by atoms with Crippen LogP contribution < -0.4 is 10.5 Å². The van der Waals surface area contributed by atoms with Gasteiger partial charge in [0.15, 0.2) is 0 Å². The second kappa shape index (κ2) is 6.32. The third-order valence-electron chi connectivity index (χ3n) is 1.84. The van der Waals surface area contributed by atoms with Gasteiger partial charge in [-0.15, -0.1) is 5.73 Å². The summed E-state index contributed by atoms with van der Waals surface area (Å²) in [4.78, 5) is 0.778. The van der Waals surface area contributed by atoms with Crippen molar-refractivity contribution in [3.8, 4) is 5.75 Å². The molecule has 0 atom stereocenters. The van der Waals surface area contributed by atoms with Crippen molar-refractivity contribution in [3.05, 3.63) is 42.1 Å². The number of hydrogen-bond donors (Lipinski definition) is 2. The summed E-state index contributed by atoms with van der Waals surface area (Å²) in [5.74, 6) is 0.731. The van der Waals surface area contributed by atoms with E-state index < -0.39 is 0 Å². The SMILES string of the molecule is C=C=C(CN)COc1ccc(SO)cc1. The van der Waals surface area contributed by atoms with Crippen molar-refractivity contribution < 1.29 is 9.29 Å². The minimum absolute atomic E-state index is 0.394. The average Bonchev–Trinajstić information content (AvgIpc) is 2.31. The Hall–Kier alpha value is -1.19. The molecule has 0 aromatic heterocycles. The largest absolute Gasteiger partial charge is 0.489 e. The Kier molecular flexibility index (Phi) is 5.01. The van der Waals surface area contributed by atoms with Crippen molar-refractivity contribution in [1.82, 2.24) is 0 Å². The van der Waals surface area contributed by atoms with Crippen LogP contribution in [0.4, 0.5) is 0 Å². The highest BCUT2D eigenvalue weighted by Crippen LogP contribution is 2.18. The molecule has 80 valence electrons. The second-order valence-corrected chi connectivity index (χ2v) is 3.49. The lowest BCUT2D eigenvalue weighted by Crippen LogP contribution is -2.10.